The van der Waals surface area contributed by atoms with Crippen LogP contribution in [0.15, 0.2) is 34.8 Å². The van der Waals surface area contributed by atoms with Crippen molar-refractivity contribution in [2.24, 2.45) is 5.84 Å². The van der Waals surface area contributed by atoms with Crippen LogP contribution in [-0.4, -0.2) is 5.91 Å². The molecular weight excluding hydrogens is 344 g/mol. The Labute approximate surface area is 128 Å². The zero-order valence-corrected chi connectivity index (χ0v) is 12.6. The Balaban J connectivity index is 2.35. The quantitative estimate of drug-likeness (QED) is 0.582. The zero-order valence-electron chi connectivity index (χ0n) is 11.0. The van der Waals surface area contributed by atoms with Crippen LogP contribution in [0.5, 0.6) is 0 Å². The second-order valence-corrected chi connectivity index (χ2v) is 5.31. The Morgan fingerprint density at radius 3 is 2.38 bits per heavy atom. The van der Waals surface area contributed by atoms with Crippen LogP contribution in [0.25, 0.3) is 0 Å². The number of halogens is 3. The Hall–Kier alpha value is -1.99. The molecule has 2 rings (SSSR count). The first-order chi connectivity index (χ1) is 9.92. The van der Waals surface area contributed by atoms with Gasteiger partial charge in [-0.3, -0.25) is 10.6 Å². The summed E-state index contributed by atoms with van der Waals surface area (Å²) in [6.07, 6.45) is 0. The predicted molar refractivity (Wildman–Crippen MR) is 81.0 cm³/mol. The summed E-state index contributed by atoms with van der Waals surface area (Å²) in [7, 11) is 0. The summed E-state index contributed by atoms with van der Waals surface area (Å²) in [6.45, 7) is 1.83. The van der Waals surface area contributed by atoms with Crippen molar-refractivity contribution in [3.05, 3.63) is 57.6 Å². The third kappa shape index (κ3) is 3.37. The molecule has 21 heavy (non-hydrogen) atoms. The maximum absolute atomic E-state index is 13.7. The fourth-order valence-electron chi connectivity index (χ4n) is 1.82. The van der Waals surface area contributed by atoms with Crippen molar-refractivity contribution in [1.82, 2.24) is 0 Å². The molecule has 0 aliphatic heterocycles. The van der Waals surface area contributed by atoms with Crippen LogP contribution in [0.3, 0.4) is 0 Å². The van der Waals surface area contributed by atoms with E-state index in [9.17, 15) is 13.6 Å². The Bertz CT molecular complexity index is 684. The van der Waals surface area contributed by atoms with E-state index in [1.165, 1.54) is 6.07 Å². The second-order valence-electron chi connectivity index (χ2n) is 4.39. The molecule has 7 heteroatoms. The molecule has 110 valence electrons. The lowest BCUT2D eigenvalue weighted by Crippen LogP contribution is -2.18. The van der Waals surface area contributed by atoms with E-state index < -0.39 is 23.2 Å². The van der Waals surface area contributed by atoms with Gasteiger partial charge in [0.25, 0.3) is 5.91 Å². The van der Waals surface area contributed by atoms with Crippen LogP contribution in [0, 0.1) is 18.6 Å². The van der Waals surface area contributed by atoms with Crippen LogP contribution in [0.2, 0.25) is 0 Å². The molecule has 0 saturated heterocycles. The highest BCUT2D eigenvalue weighted by molar-refractivity contribution is 9.10. The van der Waals surface area contributed by atoms with Gasteiger partial charge in [0.15, 0.2) is 11.6 Å². The number of hydrogen-bond acceptors (Lipinski definition) is 3. The van der Waals surface area contributed by atoms with Crippen LogP contribution >= 0.6 is 15.9 Å². The van der Waals surface area contributed by atoms with E-state index >= 15 is 0 Å². The SMILES string of the molecule is Cc1ccc(C(=O)Nc2c(F)cc(Br)cc2F)c(NN)c1. The second kappa shape index (κ2) is 6.19. The average Bonchev–Trinajstić information content (AvgIpc) is 2.42. The molecule has 2 aromatic carbocycles. The lowest BCUT2D eigenvalue weighted by molar-refractivity contribution is 0.102. The Kier molecular flexibility index (Phi) is 4.54. The van der Waals surface area contributed by atoms with Gasteiger partial charge in [0, 0.05) is 4.47 Å². The number of hydrogen-bond donors (Lipinski definition) is 3. The minimum atomic E-state index is -0.871. The summed E-state index contributed by atoms with van der Waals surface area (Å²) < 4.78 is 27.7. The molecule has 2 aromatic rings. The van der Waals surface area contributed by atoms with Gasteiger partial charge in [-0.05, 0) is 36.8 Å². The fraction of sp³-hybridized carbons (Fsp3) is 0.0714. The first kappa shape index (κ1) is 15.4. The van der Waals surface area contributed by atoms with Gasteiger partial charge in [0.1, 0.15) is 5.69 Å². The van der Waals surface area contributed by atoms with Crippen molar-refractivity contribution in [3.63, 3.8) is 0 Å². The molecule has 1 amide bonds. The van der Waals surface area contributed by atoms with Crippen molar-refractivity contribution in [2.45, 2.75) is 6.92 Å². The normalized spacial score (nSPS) is 10.3. The molecule has 0 fully saturated rings. The highest BCUT2D eigenvalue weighted by atomic mass is 79.9. The van der Waals surface area contributed by atoms with Crippen LogP contribution in [-0.2, 0) is 0 Å². The monoisotopic (exact) mass is 355 g/mol. The van der Waals surface area contributed by atoms with Crippen molar-refractivity contribution in [1.29, 1.82) is 0 Å². The standard InChI is InChI=1S/C14H12BrF2N3O/c1-7-2-3-9(12(4-7)20-18)14(21)19-13-10(16)5-8(15)6-11(13)17/h2-6,20H,18H2,1H3,(H,19,21). The first-order valence-corrected chi connectivity index (χ1v) is 6.75. The number of nitrogen functional groups attached to an aromatic ring is 1. The van der Waals surface area contributed by atoms with Gasteiger partial charge in [0.2, 0.25) is 0 Å². The highest BCUT2D eigenvalue weighted by Crippen LogP contribution is 2.25. The number of carbonyl (C=O) groups is 1. The number of carbonyl (C=O) groups excluding carboxylic acids is 1. The van der Waals surface area contributed by atoms with E-state index in [0.717, 1.165) is 17.7 Å². The van der Waals surface area contributed by atoms with Gasteiger partial charge in [-0.2, -0.15) is 0 Å². The summed E-state index contributed by atoms with van der Waals surface area (Å²) in [5.41, 5.74) is 3.32. The highest BCUT2D eigenvalue weighted by Gasteiger charge is 2.17. The maximum Gasteiger partial charge on any atom is 0.257 e. The molecular formula is C14H12BrF2N3O. The van der Waals surface area contributed by atoms with E-state index in [0.29, 0.717) is 5.69 Å². The molecule has 0 atom stereocenters. The average molecular weight is 356 g/mol. The van der Waals surface area contributed by atoms with Crippen LogP contribution in [0.4, 0.5) is 20.2 Å². The molecule has 0 unspecified atom stereocenters. The number of anilines is 2. The maximum atomic E-state index is 13.7. The number of benzene rings is 2. The van der Waals surface area contributed by atoms with Gasteiger partial charge in [-0.15, -0.1) is 0 Å². The van der Waals surface area contributed by atoms with Crippen molar-refractivity contribution >= 4 is 33.2 Å². The predicted octanol–water partition coefficient (Wildman–Crippen LogP) is 3.57. The molecule has 0 spiro atoms. The molecule has 0 heterocycles. The van der Waals surface area contributed by atoms with Gasteiger partial charge < -0.3 is 10.7 Å². The summed E-state index contributed by atoms with van der Waals surface area (Å²) in [5, 5.41) is 2.21. The Morgan fingerprint density at radius 1 is 1.19 bits per heavy atom. The smallest absolute Gasteiger partial charge is 0.257 e. The number of hydrazine groups is 1. The van der Waals surface area contributed by atoms with E-state index in [1.807, 2.05) is 6.92 Å². The van der Waals surface area contributed by atoms with E-state index in [-0.39, 0.29) is 10.0 Å². The first-order valence-electron chi connectivity index (χ1n) is 5.95. The topological polar surface area (TPSA) is 67.2 Å². The van der Waals surface area contributed by atoms with E-state index in [1.54, 1.807) is 12.1 Å². The molecule has 4 N–H and O–H groups in total. The van der Waals surface area contributed by atoms with Crippen LogP contribution < -0.4 is 16.6 Å². The molecule has 4 nitrogen and oxygen atoms in total. The van der Waals surface area contributed by atoms with E-state index in [2.05, 4.69) is 26.7 Å². The molecule has 0 saturated carbocycles. The van der Waals surface area contributed by atoms with Crippen molar-refractivity contribution in [3.8, 4) is 0 Å². The number of aryl methyl sites for hydroxylation is 1. The molecule has 0 aliphatic rings. The lowest BCUT2D eigenvalue weighted by Gasteiger charge is -2.12. The minimum Gasteiger partial charge on any atom is -0.323 e. The fourth-order valence-corrected chi connectivity index (χ4v) is 2.22. The zero-order chi connectivity index (χ0) is 15.6. The van der Waals surface area contributed by atoms with Crippen LogP contribution in [0.1, 0.15) is 15.9 Å². The summed E-state index contributed by atoms with van der Waals surface area (Å²) in [4.78, 5) is 12.1. The molecule has 0 aromatic heterocycles. The number of nitrogens with two attached hydrogens (primary N) is 1. The largest absolute Gasteiger partial charge is 0.323 e. The van der Waals surface area contributed by atoms with Gasteiger partial charge >= 0.3 is 0 Å². The molecule has 0 radical (unpaired) electrons. The van der Waals surface area contributed by atoms with Crippen molar-refractivity contribution < 1.29 is 13.6 Å². The Morgan fingerprint density at radius 2 is 1.81 bits per heavy atom. The third-order valence-electron chi connectivity index (χ3n) is 2.82. The number of nitrogens with one attached hydrogen (secondary N) is 2. The van der Waals surface area contributed by atoms with Crippen molar-refractivity contribution in [2.75, 3.05) is 10.7 Å². The number of amides is 1. The molecule has 0 bridgehead atoms. The third-order valence-corrected chi connectivity index (χ3v) is 3.28. The van der Waals surface area contributed by atoms with Gasteiger partial charge in [0.05, 0.1) is 11.3 Å². The number of rotatable bonds is 3. The van der Waals surface area contributed by atoms with Gasteiger partial charge in [-0.25, -0.2) is 8.78 Å². The summed E-state index contributed by atoms with van der Waals surface area (Å²) in [6, 6.07) is 7.01. The minimum absolute atomic E-state index is 0.185. The summed E-state index contributed by atoms with van der Waals surface area (Å²) >= 11 is 2.97. The van der Waals surface area contributed by atoms with E-state index in [4.69, 9.17) is 5.84 Å². The molecule has 0 aliphatic carbocycles. The lowest BCUT2D eigenvalue weighted by atomic mass is 10.1. The summed E-state index contributed by atoms with van der Waals surface area (Å²) in [5.74, 6) is 2.94. The van der Waals surface area contributed by atoms with Gasteiger partial charge in [-0.1, -0.05) is 22.0 Å².